The summed E-state index contributed by atoms with van der Waals surface area (Å²) in [6.07, 6.45) is 22.8. The Morgan fingerprint density at radius 2 is 1.78 bits per heavy atom. The van der Waals surface area contributed by atoms with Crippen LogP contribution in [-0.2, 0) is 20.7 Å². The number of allylic oxidation sites excluding steroid dienone is 4. The number of hydrogen-bond acceptors (Lipinski definition) is 10. The minimum Gasteiger partial charge on any atom is -0.508 e. The highest BCUT2D eigenvalue weighted by atomic mass is 16.6. The van der Waals surface area contributed by atoms with Crippen LogP contribution >= 0.6 is 0 Å². The van der Waals surface area contributed by atoms with Crippen molar-refractivity contribution in [3.63, 3.8) is 0 Å². The van der Waals surface area contributed by atoms with E-state index in [1.54, 1.807) is 28.8 Å². The van der Waals surface area contributed by atoms with E-state index in [9.17, 15) is 19.8 Å². The minimum absolute atomic E-state index is 0.0501. The number of aliphatic hydroxyl groups is 1. The summed E-state index contributed by atoms with van der Waals surface area (Å²) in [6, 6.07) is 6.16. The molecule has 268 valence electrons. The average molecular weight is 679 g/mol. The zero-order valence-corrected chi connectivity index (χ0v) is 28.8. The van der Waals surface area contributed by atoms with Gasteiger partial charge in [0.1, 0.15) is 30.7 Å². The van der Waals surface area contributed by atoms with E-state index in [2.05, 4.69) is 51.5 Å². The summed E-state index contributed by atoms with van der Waals surface area (Å²) in [5.41, 5.74) is 6.49. The number of nitrogen functional groups attached to an aromatic ring is 1. The number of carbonyl (C=O) groups excluding carboxylic acids is 1. The Kier molecular flexibility index (Phi) is 15.8. The van der Waals surface area contributed by atoms with Crippen LogP contribution in [0, 0.1) is 0 Å². The predicted molar refractivity (Wildman–Crippen MR) is 191 cm³/mol. The van der Waals surface area contributed by atoms with E-state index in [0.29, 0.717) is 13.0 Å². The summed E-state index contributed by atoms with van der Waals surface area (Å²) in [6.45, 7) is 2.76. The van der Waals surface area contributed by atoms with Gasteiger partial charge in [0.05, 0.1) is 12.4 Å². The van der Waals surface area contributed by atoms with E-state index in [0.717, 1.165) is 37.7 Å². The molecule has 0 aliphatic carbocycles. The van der Waals surface area contributed by atoms with Gasteiger partial charge in [-0.1, -0.05) is 81.9 Å². The fourth-order valence-electron chi connectivity index (χ4n) is 5.95. The van der Waals surface area contributed by atoms with Gasteiger partial charge >= 0.3 is 5.97 Å². The number of benzene rings is 1. The first kappa shape index (κ1) is 37.8. The standard InChI is InChI=1S/C37H54N6O6/c1-2-3-4-5-6-7-8-9-10-11-12-13-14-15-16-17-22-39-29(23-27-18-20-28(44)21-19-27)36(47)48-25-31-30(45)24-32(49-31)43-26-40-33-34(43)41-37(38)42-35(33)46/h6-7,9-10,18-21,26,29-32,39,44-45H,2-5,8,11-17,22-25H2,1H3,(H3,38,41,42,46)/b7-6-,10-9-/t29-,30-,31+,32+/m0/s1. The van der Waals surface area contributed by atoms with E-state index in [1.165, 1.54) is 51.3 Å². The third kappa shape index (κ3) is 12.4. The number of aromatic nitrogens is 4. The number of anilines is 1. The van der Waals surface area contributed by atoms with Crippen LogP contribution in [0.25, 0.3) is 11.2 Å². The fourth-order valence-corrected chi connectivity index (χ4v) is 5.95. The molecular weight excluding hydrogens is 624 g/mol. The fraction of sp³-hybridized carbons (Fsp3) is 0.568. The summed E-state index contributed by atoms with van der Waals surface area (Å²) in [4.78, 5) is 36.1. The number of phenolic OH excluding ortho intramolecular Hbond substituents is 1. The summed E-state index contributed by atoms with van der Waals surface area (Å²) < 4.78 is 13.2. The summed E-state index contributed by atoms with van der Waals surface area (Å²) >= 11 is 0. The molecule has 0 amide bonds. The maximum absolute atomic E-state index is 13.3. The van der Waals surface area contributed by atoms with Crippen molar-refractivity contribution in [1.82, 2.24) is 24.8 Å². The molecule has 3 heterocycles. The number of hydrogen-bond donors (Lipinski definition) is 5. The molecule has 0 saturated carbocycles. The minimum atomic E-state index is -0.906. The number of carbonyl (C=O) groups is 1. The van der Waals surface area contributed by atoms with Crippen molar-refractivity contribution in [3.05, 3.63) is 70.8 Å². The van der Waals surface area contributed by atoms with Crippen LogP contribution in [0.1, 0.15) is 102 Å². The molecule has 4 atom stereocenters. The van der Waals surface area contributed by atoms with Crippen LogP contribution < -0.4 is 16.6 Å². The Morgan fingerprint density at radius 3 is 2.51 bits per heavy atom. The Balaban J connectivity index is 1.17. The number of unbranched alkanes of at least 4 members (excludes halogenated alkanes) is 9. The molecule has 1 aliphatic heterocycles. The highest BCUT2D eigenvalue weighted by molar-refractivity contribution is 5.76. The van der Waals surface area contributed by atoms with Crippen molar-refractivity contribution in [1.29, 1.82) is 0 Å². The Labute approximate surface area is 288 Å². The number of esters is 1. The Bertz CT molecular complexity index is 1530. The normalized spacial score (nSPS) is 18.6. The molecule has 1 saturated heterocycles. The van der Waals surface area contributed by atoms with Crippen molar-refractivity contribution < 1.29 is 24.5 Å². The Hall–Kier alpha value is -4.00. The number of aromatic amines is 1. The molecule has 3 aromatic rings. The summed E-state index contributed by atoms with van der Waals surface area (Å²) in [5.74, 6) is -0.334. The zero-order chi connectivity index (χ0) is 34.8. The number of nitrogens with one attached hydrogen (secondary N) is 2. The van der Waals surface area contributed by atoms with Gasteiger partial charge in [0.15, 0.2) is 11.2 Å². The number of aromatic hydroxyl groups is 1. The molecule has 4 rings (SSSR count). The molecule has 1 aromatic carbocycles. The number of imidazole rings is 1. The molecule has 0 unspecified atom stereocenters. The second-order valence-corrected chi connectivity index (χ2v) is 12.8. The lowest BCUT2D eigenvalue weighted by atomic mass is 10.0. The van der Waals surface area contributed by atoms with Gasteiger partial charge in [0.2, 0.25) is 5.95 Å². The SMILES string of the molecule is CCCCC/C=C\C/C=C\CCCCCCCCN[C@@H](Cc1ccc(O)cc1)C(=O)OC[C@H]1O[C@@H](n2cnc3c(=O)[nH]c(N)nc32)C[C@@H]1O. The average Bonchev–Trinajstić information content (AvgIpc) is 3.68. The molecule has 0 radical (unpaired) electrons. The number of ether oxygens (including phenoxy) is 2. The molecule has 6 N–H and O–H groups in total. The maximum atomic E-state index is 13.3. The first-order valence-corrected chi connectivity index (χ1v) is 17.9. The second-order valence-electron chi connectivity index (χ2n) is 12.8. The molecular formula is C37H54N6O6. The van der Waals surface area contributed by atoms with Gasteiger partial charge in [-0.25, -0.2) is 4.98 Å². The van der Waals surface area contributed by atoms with E-state index >= 15 is 0 Å². The van der Waals surface area contributed by atoms with Gasteiger partial charge in [-0.05, 0) is 69.2 Å². The van der Waals surface area contributed by atoms with Crippen molar-refractivity contribution in [2.75, 3.05) is 18.9 Å². The number of phenols is 1. The summed E-state index contributed by atoms with van der Waals surface area (Å²) in [7, 11) is 0. The zero-order valence-electron chi connectivity index (χ0n) is 28.8. The van der Waals surface area contributed by atoms with Gasteiger partial charge in [-0.3, -0.25) is 19.1 Å². The smallest absolute Gasteiger partial charge is 0.323 e. The van der Waals surface area contributed by atoms with E-state index in [1.807, 2.05) is 0 Å². The van der Waals surface area contributed by atoms with Crippen LogP contribution in [0.5, 0.6) is 5.75 Å². The lowest BCUT2D eigenvalue weighted by molar-refractivity contribution is -0.152. The van der Waals surface area contributed by atoms with Crippen LogP contribution in [0.15, 0.2) is 59.7 Å². The maximum Gasteiger partial charge on any atom is 0.323 e. The molecule has 12 nitrogen and oxygen atoms in total. The van der Waals surface area contributed by atoms with Gasteiger partial charge in [-0.15, -0.1) is 0 Å². The van der Waals surface area contributed by atoms with Crippen molar-refractivity contribution >= 4 is 23.1 Å². The van der Waals surface area contributed by atoms with Gasteiger partial charge in [-0.2, -0.15) is 4.98 Å². The quantitative estimate of drug-likeness (QED) is 0.0510. The third-order valence-electron chi connectivity index (χ3n) is 8.78. The van der Waals surface area contributed by atoms with Crippen LogP contribution in [0.4, 0.5) is 5.95 Å². The van der Waals surface area contributed by atoms with E-state index < -0.39 is 36.0 Å². The number of nitrogens with zero attached hydrogens (tertiary/aromatic N) is 3. The first-order chi connectivity index (χ1) is 23.9. The first-order valence-electron chi connectivity index (χ1n) is 17.9. The van der Waals surface area contributed by atoms with E-state index in [4.69, 9.17) is 15.2 Å². The van der Waals surface area contributed by atoms with Crippen LogP contribution in [0.3, 0.4) is 0 Å². The van der Waals surface area contributed by atoms with Crippen molar-refractivity contribution in [3.8, 4) is 5.75 Å². The molecule has 0 spiro atoms. The van der Waals surface area contributed by atoms with Crippen molar-refractivity contribution in [2.24, 2.45) is 0 Å². The van der Waals surface area contributed by atoms with Gasteiger partial charge < -0.3 is 30.7 Å². The topological polar surface area (TPSA) is 178 Å². The second kappa shape index (κ2) is 20.5. The number of fused-ring (bicyclic) bond motifs is 1. The van der Waals surface area contributed by atoms with Gasteiger partial charge in [0, 0.05) is 6.42 Å². The predicted octanol–water partition coefficient (Wildman–Crippen LogP) is 5.61. The lowest BCUT2D eigenvalue weighted by Gasteiger charge is -2.20. The number of aliphatic hydroxyl groups excluding tert-OH is 1. The monoisotopic (exact) mass is 678 g/mol. The molecule has 0 bridgehead atoms. The van der Waals surface area contributed by atoms with Crippen molar-refractivity contribution in [2.45, 2.75) is 121 Å². The highest BCUT2D eigenvalue weighted by Crippen LogP contribution is 2.30. The molecule has 49 heavy (non-hydrogen) atoms. The third-order valence-corrected chi connectivity index (χ3v) is 8.78. The Morgan fingerprint density at radius 1 is 1.08 bits per heavy atom. The highest BCUT2D eigenvalue weighted by Gasteiger charge is 2.37. The lowest BCUT2D eigenvalue weighted by Crippen LogP contribution is -2.42. The number of nitrogens with two attached hydrogens (primary N) is 1. The largest absolute Gasteiger partial charge is 0.508 e. The molecule has 1 aliphatic rings. The molecule has 12 heteroatoms. The molecule has 1 fully saturated rings. The van der Waals surface area contributed by atoms with Crippen LogP contribution in [-0.4, -0.2) is 67.1 Å². The van der Waals surface area contributed by atoms with Crippen LogP contribution in [0.2, 0.25) is 0 Å². The number of H-pyrrole nitrogens is 1. The van der Waals surface area contributed by atoms with E-state index in [-0.39, 0.29) is 35.9 Å². The van der Waals surface area contributed by atoms with Gasteiger partial charge in [0.25, 0.3) is 5.56 Å². The number of rotatable bonds is 22. The molecule has 2 aromatic heterocycles. The summed E-state index contributed by atoms with van der Waals surface area (Å²) in [5, 5.41) is 23.8.